The molecule has 1 amide bonds. The third-order valence-electron chi connectivity index (χ3n) is 3.62. The average molecular weight is 315 g/mol. The minimum atomic E-state index is -0.246. The van der Waals surface area contributed by atoms with Gasteiger partial charge in [0, 0.05) is 31.9 Å². The van der Waals surface area contributed by atoms with Crippen LogP contribution in [0.25, 0.3) is 0 Å². The van der Waals surface area contributed by atoms with Gasteiger partial charge in [-0.05, 0) is 24.6 Å². The monoisotopic (exact) mass is 315 g/mol. The highest BCUT2D eigenvalue weighted by molar-refractivity contribution is 5.93. The zero-order chi connectivity index (χ0) is 16.7. The number of aromatic nitrogens is 1. The lowest BCUT2D eigenvalue weighted by molar-refractivity contribution is 0.0793. The van der Waals surface area contributed by atoms with Crippen LogP contribution in [0.2, 0.25) is 0 Å². The molecule has 23 heavy (non-hydrogen) atoms. The molecular weight excluding hydrogens is 293 g/mol. The highest BCUT2D eigenvalue weighted by atomic mass is 19.1. The number of unbranched alkanes of at least 4 members (excludes halogenated alkanes) is 1. The van der Waals surface area contributed by atoms with Crippen molar-refractivity contribution in [2.24, 2.45) is 0 Å². The van der Waals surface area contributed by atoms with Gasteiger partial charge < -0.3 is 10.2 Å². The van der Waals surface area contributed by atoms with Crippen LogP contribution in [0.4, 0.5) is 10.2 Å². The fraction of sp³-hybridized carbons (Fsp3) is 0.333. The standard InChI is InChI=1S/C18H22FN3O/c1-3-4-11-22(2)18(23)15-9-10-17(21-13-15)20-12-14-7-5-6-8-16(14)19/h5-10,13H,3-4,11-12H2,1-2H3,(H,20,21). The first-order chi connectivity index (χ1) is 11.1. The predicted molar refractivity (Wildman–Crippen MR) is 89.8 cm³/mol. The molecule has 1 heterocycles. The summed E-state index contributed by atoms with van der Waals surface area (Å²) in [6, 6.07) is 10.1. The lowest BCUT2D eigenvalue weighted by Crippen LogP contribution is -2.27. The molecule has 1 aromatic carbocycles. The minimum Gasteiger partial charge on any atom is -0.366 e. The number of carbonyl (C=O) groups excluding carboxylic acids is 1. The van der Waals surface area contributed by atoms with Gasteiger partial charge in [-0.1, -0.05) is 31.5 Å². The van der Waals surface area contributed by atoms with Gasteiger partial charge in [0.15, 0.2) is 0 Å². The molecular formula is C18H22FN3O. The molecule has 2 aromatic rings. The van der Waals surface area contributed by atoms with Crippen molar-refractivity contribution in [1.29, 1.82) is 0 Å². The van der Waals surface area contributed by atoms with Crippen molar-refractivity contribution in [3.05, 3.63) is 59.5 Å². The van der Waals surface area contributed by atoms with Gasteiger partial charge in [0.1, 0.15) is 11.6 Å². The topological polar surface area (TPSA) is 45.2 Å². The Balaban J connectivity index is 1.94. The van der Waals surface area contributed by atoms with Crippen LogP contribution in [0.5, 0.6) is 0 Å². The maximum Gasteiger partial charge on any atom is 0.255 e. The summed E-state index contributed by atoms with van der Waals surface area (Å²) in [4.78, 5) is 18.1. The maximum atomic E-state index is 13.5. The summed E-state index contributed by atoms with van der Waals surface area (Å²) in [5.41, 5.74) is 1.13. The van der Waals surface area contributed by atoms with E-state index in [-0.39, 0.29) is 11.7 Å². The summed E-state index contributed by atoms with van der Waals surface area (Å²) in [6.45, 7) is 3.18. The molecule has 0 aliphatic rings. The Morgan fingerprint density at radius 2 is 2.04 bits per heavy atom. The van der Waals surface area contributed by atoms with E-state index < -0.39 is 0 Å². The summed E-state index contributed by atoms with van der Waals surface area (Å²) >= 11 is 0. The number of rotatable bonds is 7. The molecule has 1 N–H and O–H groups in total. The maximum absolute atomic E-state index is 13.5. The Kier molecular flexibility index (Phi) is 6.09. The van der Waals surface area contributed by atoms with E-state index >= 15 is 0 Å². The molecule has 4 nitrogen and oxygen atoms in total. The van der Waals surface area contributed by atoms with E-state index in [9.17, 15) is 9.18 Å². The van der Waals surface area contributed by atoms with E-state index in [1.807, 2.05) is 0 Å². The van der Waals surface area contributed by atoms with E-state index in [0.29, 0.717) is 23.5 Å². The lowest BCUT2D eigenvalue weighted by atomic mass is 10.2. The molecule has 0 fully saturated rings. The van der Waals surface area contributed by atoms with Crippen LogP contribution < -0.4 is 5.32 Å². The second-order valence-corrected chi connectivity index (χ2v) is 5.46. The molecule has 0 aliphatic carbocycles. The van der Waals surface area contributed by atoms with Gasteiger partial charge in [-0.15, -0.1) is 0 Å². The van der Waals surface area contributed by atoms with Crippen LogP contribution in [0.15, 0.2) is 42.6 Å². The Bertz CT molecular complexity index is 643. The van der Waals surface area contributed by atoms with Crippen LogP contribution in [-0.4, -0.2) is 29.4 Å². The lowest BCUT2D eigenvalue weighted by Gasteiger charge is -2.16. The van der Waals surface area contributed by atoms with Crippen LogP contribution in [-0.2, 0) is 6.54 Å². The normalized spacial score (nSPS) is 10.4. The Morgan fingerprint density at radius 1 is 1.26 bits per heavy atom. The molecule has 0 atom stereocenters. The second kappa shape index (κ2) is 8.27. The van der Waals surface area contributed by atoms with E-state index in [1.165, 1.54) is 6.07 Å². The highest BCUT2D eigenvalue weighted by Gasteiger charge is 2.11. The van der Waals surface area contributed by atoms with E-state index in [0.717, 1.165) is 19.4 Å². The SMILES string of the molecule is CCCCN(C)C(=O)c1ccc(NCc2ccccc2F)nc1. The van der Waals surface area contributed by atoms with Gasteiger partial charge in [-0.25, -0.2) is 9.37 Å². The molecule has 0 saturated carbocycles. The Morgan fingerprint density at radius 3 is 2.70 bits per heavy atom. The molecule has 0 bridgehead atoms. The van der Waals surface area contributed by atoms with Gasteiger partial charge in [0.25, 0.3) is 5.91 Å². The number of halogens is 1. The fourth-order valence-corrected chi connectivity index (χ4v) is 2.17. The second-order valence-electron chi connectivity index (χ2n) is 5.46. The van der Waals surface area contributed by atoms with Crippen molar-refractivity contribution in [2.45, 2.75) is 26.3 Å². The molecule has 0 aliphatic heterocycles. The van der Waals surface area contributed by atoms with Crippen molar-refractivity contribution in [3.63, 3.8) is 0 Å². The van der Waals surface area contributed by atoms with Crippen LogP contribution in [0.3, 0.4) is 0 Å². The Hall–Kier alpha value is -2.43. The number of pyridine rings is 1. The van der Waals surface area contributed by atoms with Crippen molar-refractivity contribution in [3.8, 4) is 0 Å². The molecule has 1 aromatic heterocycles. The first kappa shape index (κ1) is 16.9. The van der Waals surface area contributed by atoms with Crippen molar-refractivity contribution in [1.82, 2.24) is 9.88 Å². The van der Waals surface area contributed by atoms with Gasteiger partial charge in [-0.3, -0.25) is 4.79 Å². The molecule has 2 rings (SSSR count). The number of amides is 1. The van der Waals surface area contributed by atoms with Crippen LogP contribution in [0, 0.1) is 5.82 Å². The van der Waals surface area contributed by atoms with E-state index in [4.69, 9.17) is 0 Å². The van der Waals surface area contributed by atoms with Crippen molar-refractivity contribution in [2.75, 3.05) is 18.9 Å². The molecule has 0 saturated heterocycles. The third-order valence-corrected chi connectivity index (χ3v) is 3.62. The van der Waals surface area contributed by atoms with Gasteiger partial charge >= 0.3 is 0 Å². The first-order valence-corrected chi connectivity index (χ1v) is 7.80. The smallest absolute Gasteiger partial charge is 0.255 e. The summed E-state index contributed by atoms with van der Waals surface area (Å²) in [5, 5.41) is 3.06. The zero-order valence-corrected chi connectivity index (χ0v) is 13.6. The number of nitrogens with one attached hydrogen (secondary N) is 1. The van der Waals surface area contributed by atoms with Crippen molar-refractivity contribution >= 4 is 11.7 Å². The predicted octanol–water partition coefficient (Wildman–Crippen LogP) is 3.70. The van der Waals surface area contributed by atoms with E-state index in [1.54, 1.807) is 48.5 Å². The minimum absolute atomic E-state index is 0.0356. The molecule has 5 heteroatoms. The largest absolute Gasteiger partial charge is 0.366 e. The number of nitrogens with zero attached hydrogens (tertiary/aromatic N) is 2. The Labute approximate surface area is 136 Å². The molecule has 0 unspecified atom stereocenters. The summed E-state index contributed by atoms with van der Waals surface area (Å²) in [6.07, 6.45) is 3.58. The van der Waals surface area contributed by atoms with Crippen LogP contribution >= 0.6 is 0 Å². The van der Waals surface area contributed by atoms with Crippen LogP contribution in [0.1, 0.15) is 35.7 Å². The fourth-order valence-electron chi connectivity index (χ4n) is 2.17. The van der Waals surface area contributed by atoms with Gasteiger partial charge in [0.05, 0.1) is 5.56 Å². The van der Waals surface area contributed by atoms with Gasteiger partial charge in [-0.2, -0.15) is 0 Å². The number of anilines is 1. The summed E-state index contributed by atoms with van der Waals surface area (Å²) in [7, 11) is 1.79. The number of hydrogen-bond acceptors (Lipinski definition) is 3. The third kappa shape index (κ3) is 4.77. The average Bonchev–Trinajstić information content (AvgIpc) is 2.59. The number of hydrogen-bond donors (Lipinski definition) is 1. The highest BCUT2D eigenvalue weighted by Crippen LogP contribution is 2.11. The van der Waals surface area contributed by atoms with E-state index in [2.05, 4.69) is 17.2 Å². The van der Waals surface area contributed by atoms with Crippen molar-refractivity contribution < 1.29 is 9.18 Å². The zero-order valence-electron chi connectivity index (χ0n) is 13.6. The first-order valence-electron chi connectivity index (χ1n) is 7.80. The molecule has 122 valence electrons. The summed E-state index contributed by atoms with van der Waals surface area (Å²) < 4.78 is 13.5. The quantitative estimate of drug-likeness (QED) is 0.847. The number of carbonyl (C=O) groups is 1. The van der Waals surface area contributed by atoms with Gasteiger partial charge in [0.2, 0.25) is 0 Å². The molecule has 0 spiro atoms. The molecule has 0 radical (unpaired) electrons. The summed E-state index contributed by atoms with van der Waals surface area (Å²) in [5.74, 6) is 0.331. The number of benzene rings is 1.